The second-order valence-corrected chi connectivity index (χ2v) is 6.03. The van der Waals surface area contributed by atoms with Crippen LogP contribution in [-0.2, 0) is 24.3 Å². The highest BCUT2D eigenvalue weighted by atomic mass is 16.1. The normalized spacial score (nSPS) is 10.8. The Kier molecular flexibility index (Phi) is 5.28. The molecule has 6 heteroatoms. The number of nitrogens with one attached hydrogen (secondary N) is 1. The second kappa shape index (κ2) is 7.79. The molecule has 0 aliphatic carbocycles. The molecule has 0 aliphatic rings. The summed E-state index contributed by atoms with van der Waals surface area (Å²) in [5.74, 6) is -0.00149. The molecule has 3 aromatic rings. The summed E-state index contributed by atoms with van der Waals surface area (Å²) in [5, 5.41) is 11.6. The summed E-state index contributed by atoms with van der Waals surface area (Å²) in [6.45, 7) is 5.63. The highest BCUT2D eigenvalue weighted by molar-refractivity contribution is 5.90. The summed E-state index contributed by atoms with van der Waals surface area (Å²) in [7, 11) is 0. The van der Waals surface area contributed by atoms with E-state index < -0.39 is 0 Å². The fourth-order valence-electron chi connectivity index (χ4n) is 2.77. The molecule has 0 unspecified atom stereocenters. The predicted molar refractivity (Wildman–Crippen MR) is 97.4 cm³/mol. The summed E-state index contributed by atoms with van der Waals surface area (Å²) in [6.07, 6.45) is 6.59. The Morgan fingerprint density at radius 2 is 1.96 bits per heavy atom. The minimum atomic E-state index is -0.00149. The fraction of sp³-hybridized carbons (Fsp3) is 0.316. The van der Waals surface area contributed by atoms with Crippen LogP contribution < -0.4 is 5.32 Å². The van der Waals surface area contributed by atoms with E-state index in [2.05, 4.69) is 29.4 Å². The molecule has 2 heterocycles. The summed E-state index contributed by atoms with van der Waals surface area (Å²) < 4.78 is 3.78. The Labute approximate surface area is 147 Å². The smallest absolute Gasteiger partial charge is 0.224 e. The van der Waals surface area contributed by atoms with Gasteiger partial charge in [-0.25, -0.2) is 0 Å². The first kappa shape index (κ1) is 17.0. The van der Waals surface area contributed by atoms with Gasteiger partial charge < -0.3 is 5.32 Å². The van der Waals surface area contributed by atoms with Gasteiger partial charge in [-0.15, -0.1) is 0 Å². The number of rotatable bonds is 7. The van der Waals surface area contributed by atoms with Crippen molar-refractivity contribution in [1.29, 1.82) is 0 Å². The molecule has 130 valence electrons. The van der Waals surface area contributed by atoms with Crippen LogP contribution in [0, 0.1) is 6.92 Å². The first-order chi connectivity index (χ1) is 12.2. The lowest BCUT2D eigenvalue weighted by Gasteiger charge is -2.04. The van der Waals surface area contributed by atoms with Crippen molar-refractivity contribution in [3.63, 3.8) is 0 Å². The Morgan fingerprint density at radius 3 is 2.68 bits per heavy atom. The van der Waals surface area contributed by atoms with Crippen molar-refractivity contribution in [2.75, 3.05) is 5.32 Å². The van der Waals surface area contributed by atoms with Crippen molar-refractivity contribution >= 4 is 11.6 Å². The predicted octanol–water partition coefficient (Wildman–Crippen LogP) is 3.03. The Hall–Kier alpha value is -2.89. The largest absolute Gasteiger partial charge is 0.323 e. The molecule has 0 saturated carbocycles. The molecule has 0 bridgehead atoms. The minimum Gasteiger partial charge on any atom is -0.323 e. The summed E-state index contributed by atoms with van der Waals surface area (Å²) in [6, 6.07) is 10.0. The third-order valence-corrected chi connectivity index (χ3v) is 4.24. The van der Waals surface area contributed by atoms with Crippen LogP contribution in [0.4, 0.5) is 5.69 Å². The molecular weight excluding hydrogens is 314 g/mol. The first-order valence-electron chi connectivity index (χ1n) is 8.53. The van der Waals surface area contributed by atoms with E-state index in [1.54, 1.807) is 6.20 Å². The molecule has 0 aliphatic heterocycles. The summed E-state index contributed by atoms with van der Waals surface area (Å²) in [4.78, 5) is 12.1. The van der Waals surface area contributed by atoms with E-state index in [1.807, 2.05) is 52.1 Å². The molecule has 2 aromatic heterocycles. The number of hydrogen-bond donors (Lipinski definition) is 1. The number of carbonyl (C=O) groups excluding carboxylic acids is 1. The zero-order valence-corrected chi connectivity index (χ0v) is 14.6. The van der Waals surface area contributed by atoms with Crippen molar-refractivity contribution in [3.05, 3.63) is 65.7 Å². The van der Waals surface area contributed by atoms with E-state index in [4.69, 9.17) is 0 Å². The Bertz CT molecular complexity index is 835. The molecular formula is C19H23N5O. The number of benzene rings is 1. The van der Waals surface area contributed by atoms with Crippen LogP contribution in [0.15, 0.2) is 48.9 Å². The number of hydrogen-bond acceptors (Lipinski definition) is 3. The SMILES string of the molecule is CCn1ncc(Cn2cc(NC(=O)CCc3ccccc3)cn2)c1C. The van der Waals surface area contributed by atoms with Crippen LogP contribution >= 0.6 is 0 Å². The molecule has 3 rings (SSSR count). The maximum Gasteiger partial charge on any atom is 0.224 e. The monoisotopic (exact) mass is 337 g/mol. The van der Waals surface area contributed by atoms with Gasteiger partial charge in [0.15, 0.2) is 0 Å². The molecule has 0 fully saturated rings. The molecule has 1 N–H and O–H groups in total. The van der Waals surface area contributed by atoms with E-state index >= 15 is 0 Å². The fourth-order valence-corrected chi connectivity index (χ4v) is 2.77. The molecule has 6 nitrogen and oxygen atoms in total. The number of carbonyl (C=O) groups is 1. The van der Waals surface area contributed by atoms with Gasteiger partial charge >= 0.3 is 0 Å². The van der Waals surface area contributed by atoms with Crippen molar-refractivity contribution in [1.82, 2.24) is 19.6 Å². The van der Waals surface area contributed by atoms with Gasteiger partial charge in [0, 0.05) is 30.4 Å². The first-order valence-corrected chi connectivity index (χ1v) is 8.53. The van der Waals surface area contributed by atoms with Gasteiger partial charge in [-0.1, -0.05) is 30.3 Å². The van der Waals surface area contributed by atoms with Crippen molar-refractivity contribution < 1.29 is 4.79 Å². The standard InChI is InChI=1S/C19H23N5O/c1-3-24-15(2)17(11-21-24)13-23-14-18(12-20-23)22-19(25)10-9-16-7-5-4-6-8-16/h4-8,11-12,14H,3,9-10,13H2,1-2H3,(H,22,25). The van der Waals surface area contributed by atoms with Crippen molar-refractivity contribution in [3.8, 4) is 0 Å². The van der Waals surface area contributed by atoms with Gasteiger partial charge in [-0.2, -0.15) is 10.2 Å². The maximum atomic E-state index is 12.1. The maximum absolute atomic E-state index is 12.1. The van der Waals surface area contributed by atoms with E-state index in [-0.39, 0.29) is 5.91 Å². The van der Waals surface area contributed by atoms with E-state index in [9.17, 15) is 4.79 Å². The Morgan fingerprint density at radius 1 is 1.16 bits per heavy atom. The lowest BCUT2D eigenvalue weighted by Crippen LogP contribution is -2.11. The number of anilines is 1. The molecule has 0 saturated heterocycles. The van der Waals surface area contributed by atoms with E-state index in [1.165, 1.54) is 0 Å². The highest BCUT2D eigenvalue weighted by Gasteiger charge is 2.08. The van der Waals surface area contributed by atoms with Gasteiger partial charge in [0.1, 0.15) is 0 Å². The second-order valence-electron chi connectivity index (χ2n) is 6.03. The van der Waals surface area contributed by atoms with Gasteiger partial charge in [0.2, 0.25) is 5.91 Å². The third kappa shape index (κ3) is 4.35. The van der Waals surface area contributed by atoms with Crippen LogP contribution in [-0.4, -0.2) is 25.5 Å². The molecule has 0 atom stereocenters. The number of amides is 1. The lowest BCUT2D eigenvalue weighted by atomic mass is 10.1. The molecule has 25 heavy (non-hydrogen) atoms. The van der Waals surface area contributed by atoms with Crippen molar-refractivity contribution in [2.45, 2.75) is 39.8 Å². The van der Waals surface area contributed by atoms with E-state index in [0.717, 1.165) is 35.5 Å². The molecule has 0 radical (unpaired) electrons. The van der Waals surface area contributed by atoms with Crippen LogP contribution in [0.3, 0.4) is 0 Å². The highest BCUT2D eigenvalue weighted by Crippen LogP contribution is 2.12. The summed E-state index contributed by atoms with van der Waals surface area (Å²) in [5.41, 5.74) is 4.16. The van der Waals surface area contributed by atoms with Crippen LogP contribution in [0.1, 0.15) is 30.2 Å². The number of nitrogens with zero attached hydrogens (tertiary/aromatic N) is 4. The average Bonchev–Trinajstić information content (AvgIpc) is 3.21. The average molecular weight is 337 g/mol. The number of aryl methyl sites for hydroxylation is 2. The van der Waals surface area contributed by atoms with Gasteiger partial charge in [-0.3, -0.25) is 14.2 Å². The van der Waals surface area contributed by atoms with Crippen LogP contribution in [0.2, 0.25) is 0 Å². The van der Waals surface area contributed by atoms with Crippen LogP contribution in [0.25, 0.3) is 0 Å². The molecule has 1 aromatic carbocycles. The zero-order chi connectivity index (χ0) is 17.6. The number of aromatic nitrogens is 4. The van der Waals surface area contributed by atoms with Crippen LogP contribution in [0.5, 0.6) is 0 Å². The van der Waals surface area contributed by atoms with Crippen molar-refractivity contribution in [2.24, 2.45) is 0 Å². The topological polar surface area (TPSA) is 64.7 Å². The van der Waals surface area contributed by atoms with E-state index in [0.29, 0.717) is 13.0 Å². The zero-order valence-electron chi connectivity index (χ0n) is 14.6. The Balaban J connectivity index is 1.54. The van der Waals surface area contributed by atoms with Gasteiger partial charge in [0.25, 0.3) is 0 Å². The lowest BCUT2D eigenvalue weighted by molar-refractivity contribution is -0.116. The minimum absolute atomic E-state index is 0.00149. The molecule has 1 amide bonds. The molecule has 0 spiro atoms. The quantitative estimate of drug-likeness (QED) is 0.721. The third-order valence-electron chi connectivity index (χ3n) is 4.24. The van der Waals surface area contributed by atoms with Gasteiger partial charge in [-0.05, 0) is 25.8 Å². The summed E-state index contributed by atoms with van der Waals surface area (Å²) >= 11 is 0. The van der Waals surface area contributed by atoms with Gasteiger partial charge in [0.05, 0.1) is 24.6 Å².